The van der Waals surface area contributed by atoms with Gasteiger partial charge in [0.1, 0.15) is 5.82 Å². The predicted octanol–water partition coefficient (Wildman–Crippen LogP) is 3.98. The predicted molar refractivity (Wildman–Crippen MR) is 68.0 cm³/mol. The second-order valence-corrected chi connectivity index (χ2v) is 5.07. The first-order valence-electron chi connectivity index (χ1n) is 5.14. The van der Waals surface area contributed by atoms with Gasteiger partial charge in [-0.05, 0) is 41.1 Å². The number of rotatable bonds is 4. The van der Waals surface area contributed by atoms with Gasteiger partial charge >= 0.3 is 0 Å². The first-order chi connectivity index (χ1) is 8.18. The highest BCUT2D eigenvalue weighted by Crippen LogP contribution is 2.27. The fourth-order valence-electron chi connectivity index (χ4n) is 1.70. The molecule has 4 heteroatoms. The van der Waals surface area contributed by atoms with Crippen molar-refractivity contribution >= 4 is 28.2 Å². The Labute approximate surface area is 108 Å². The molecule has 0 bridgehead atoms. The highest BCUT2D eigenvalue weighted by atomic mass is 35.5. The van der Waals surface area contributed by atoms with E-state index in [1.54, 1.807) is 18.2 Å². The number of carbonyl (C=O) groups is 1. The summed E-state index contributed by atoms with van der Waals surface area (Å²) in [5, 5.41) is 1.40. The fourth-order valence-corrected chi connectivity index (χ4v) is 2.65. The van der Waals surface area contributed by atoms with E-state index in [1.165, 1.54) is 17.4 Å². The van der Waals surface area contributed by atoms with Crippen molar-refractivity contribution in [3.63, 3.8) is 0 Å². The molecule has 1 aromatic carbocycles. The molecule has 1 nitrogen and oxygen atoms in total. The lowest BCUT2D eigenvalue weighted by Gasteiger charge is -2.12. The highest BCUT2D eigenvalue weighted by Gasteiger charge is 2.22. The molecule has 0 amide bonds. The van der Waals surface area contributed by atoms with Gasteiger partial charge in [-0.2, -0.15) is 0 Å². The Hall–Kier alpha value is -1.19. The number of halogens is 2. The third-order valence-corrected chi connectivity index (χ3v) is 3.70. The van der Waals surface area contributed by atoms with Crippen molar-refractivity contribution in [3.8, 4) is 0 Å². The molecule has 88 valence electrons. The Kier molecular flexibility index (Phi) is 3.92. The average Bonchev–Trinajstić information content (AvgIpc) is 2.79. The van der Waals surface area contributed by atoms with Gasteiger partial charge in [0.2, 0.25) is 5.24 Å². The standard InChI is InChI=1S/C13H10ClFOS/c14-13(16)11(8-9-4-3-7-17-9)10-5-1-2-6-12(10)15/h1-7,11H,8H2. The molecule has 0 N–H and O–H groups in total. The van der Waals surface area contributed by atoms with Crippen LogP contribution < -0.4 is 0 Å². The quantitative estimate of drug-likeness (QED) is 0.767. The summed E-state index contributed by atoms with van der Waals surface area (Å²) in [5.41, 5.74) is 0.362. The molecule has 1 aromatic heterocycles. The van der Waals surface area contributed by atoms with Crippen molar-refractivity contribution in [2.45, 2.75) is 12.3 Å². The number of carbonyl (C=O) groups excluding carboxylic acids is 1. The van der Waals surface area contributed by atoms with Crippen molar-refractivity contribution in [3.05, 3.63) is 58.0 Å². The molecular weight excluding hydrogens is 259 g/mol. The summed E-state index contributed by atoms with van der Waals surface area (Å²) in [6.45, 7) is 0. The first kappa shape index (κ1) is 12.3. The van der Waals surface area contributed by atoms with Crippen LogP contribution in [0.2, 0.25) is 0 Å². The first-order valence-corrected chi connectivity index (χ1v) is 6.40. The highest BCUT2D eigenvalue weighted by molar-refractivity contribution is 7.09. The molecule has 0 fully saturated rings. The zero-order valence-electron chi connectivity index (χ0n) is 8.90. The van der Waals surface area contributed by atoms with Crippen LogP contribution in [0.4, 0.5) is 4.39 Å². The van der Waals surface area contributed by atoms with Crippen LogP contribution in [0.3, 0.4) is 0 Å². The topological polar surface area (TPSA) is 17.1 Å². The van der Waals surface area contributed by atoms with Crippen LogP contribution >= 0.6 is 22.9 Å². The van der Waals surface area contributed by atoms with E-state index in [4.69, 9.17) is 11.6 Å². The third-order valence-electron chi connectivity index (χ3n) is 2.54. The van der Waals surface area contributed by atoms with Gasteiger partial charge in [0.25, 0.3) is 0 Å². The molecule has 17 heavy (non-hydrogen) atoms. The van der Waals surface area contributed by atoms with E-state index in [0.717, 1.165) is 4.88 Å². The van der Waals surface area contributed by atoms with E-state index in [2.05, 4.69) is 0 Å². The molecule has 0 aliphatic heterocycles. The van der Waals surface area contributed by atoms with E-state index >= 15 is 0 Å². The van der Waals surface area contributed by atoms with E-state index in [-0.39, 0.29) is 5.82 Å². The second-order valence-electron chi connectivity index (χ2n) is 3.66. The van der Waals surface area contributed by atoms with Crippen molar-refractivity contribution in [1.29, 1.82) is 0 Å². The maximum Gasteiger partial charge on any atom is 0.229 e. The zero-order chi connectivity index (χ0) is 12.3. The molecule has 0 aliphatic carbocycles. The van der Waals surface area contributed by atoms with Crippen LogP contribution in [-0.4, -0.2) is 5.24 Å². The fraction of sp³-hybridized carbons (Fsp3) is 0.154. The van der Waals surface area contributed by atoms with Gasteiger partial charge in [0.15, 0.2) is 0 Å². The lowest BCUT2D eigenvalue weighted by molar-refractivity contribution is -0.113. The average molecular weight is 269 g/mol. The summed E-state index contributed by atoms with van der Waals surface area (Å²) in [5.74, 6) is -1.00. The van der Waals surface area contributed by atoms with Gasteiger partial charge in [-0.15, -0.1) is 11.3 Å². The summed E-state index contributed by atoms with van der Waals surface area (Å²) in [7, 11) is 0. The maximum absolute atomic E-state index is 13.6. The lowest BCUT2D eigenvalue weighted by atomic mass is 9.96. The van der Waals surface area contributed by atoms with E-state index in [1.807, 2.05) is 17.5 Å². The minimum absolute atomic E-state index is 0.362. The molecule has 1 unspecified atom stereocenters. The van der Waals surface area contributed by atoms with E-state index < -0.39 is 11.2 Å². The SMILES string of the molecule is O=C(Cl)C(Cc1cccs1)c1ccccc1F. The molecule has 0 saturated heterocycles. The summed E-state index contributed by atoms with van der Waals surface area (Å²) in [6, 6.07) is 10.1. The van der Waals surface area contributed by atoms with Crippen molar-refractivity contribution in [2.24, 2.45) is 0 Å². The van der Waals surface area contributed by atoms with E-state index in [0.29, 0.717) is 12.0 Å². The molecule has 0 aliphatic rings. The minimum atomic E-state index is -0.614. The van der Waals surface area contributed by atoms with Crippen molar-refractivity contribution in [2.75, 3.05) is 0 Å². The van der Waals surface area contributed by atoms with E-state index in [9.17, 15) is 9.18 Å². The van der Waals surface area contributed by atoms with Gasteiger partial charge in [-0.3, -0.25) is 4.79 Å². The number of thiophene rings is 1. The monoisotopic (exact) mass is 268 g/mol. The molecule has 1 atom stereocenters. The number of hydrogen-bond acceptors (Lipinski definition) is 2. The molecule has 2 aromatic rings. The molecule has 0 spiro atoms. The van der Waals surface area contributed by atoms with Gasteiger partial charge < -0.3 is 0 Å². The van der Waals surface area contributed by atoms with Crippen LogP contribution in [0.15, 0.2) is 41.8 Å². The zero-order valence-corrected chi connectivity index (χ0v) is 10.5. The molecule has 0 saturated carbocycles. The summed E-state index contributed by atoms with van der Waals surface area (Å²) in [6.07, 6.45) is 0.445. The van der Waals surface area contributed by atoms with Gasteiger partial charge in [0.05, 0.1) is 5.92 Å². The number of hydrogen-bond donors (Lipinski definition) is 0. The third kappa shape index (κ3) is 2.93. The normalized spacial score (nSPS) is 12.4. The Morgan fingerprint density at radius 1 is 1.29 bits per heavy atom. The van der Waals surface area contributed by atoms with Crippen LogP contribution in [0, 0.1) is 5.82 Å². The van der Waals surface area contributed by atoms with Gasteiger partial charge in [-0.25, -0.2) is 4.39 Å². The summed E-state index contributed by atoms with van der Waals surface area (Å²) < 4.78 is 13.6. The molecular formula is C13H10ClFOS. The van der Waals surface area contributed by atoms with Crippen LogP contribution in [0.5, 0.6) is 0 Å². The molecule has 1 heterocycles. The Morgan fingerprint density at radius 3 is 2.65 bits per heavy atom. The second kappa shape index (κ2) is 5.43. The maximum atomic E-state index is 13.6. The van der Waals surface area contributed by atoms with Crippen molar-refractivity contribution < 1.29 is 9.18 Å². The van der Waals surface area contributed by atoms with Gasteiger partial charge in [0, 0.05) is 4.88 Å². The largest absolute Gasteiger partial charge is 0.281 e. The van der Waals surface area contributed by atoms with Crippen LogP contribution in [-0.2, 0) is 11.2 Å². The Morgan fingerprint density at radius 2 is 2.06 bits per heavy atom. The summed E-state index contributed by atoms with van der Waals surface area (Å²) >= 11 is 7.10. The lowest BCUT2D eigenvalue weighted by Crippen LogP contribution is -2.11. The Balaban J connectivity index is 2.30. The number of benzene rings is 1. The van der Waals surface area contributed by atoms with Crippen molar-refractivity contribution in [1.82, 2.24) is 0 Å². The smallest absolute Gasteiger partial charge is 0.229 e. The molecule has 0 radical (unpaired) electrons. The van der Waals surface area contributed by atoms with Crippen LogP contribution in [0.1, 0.15) is 16.4 Å². The molecule has 2 rings (SSSR count). The summed E-state index contributed by atoms with van der Waals surface area (Å²) in [4.78, 5) is 12.4. The van der Waals surface area contributed by atoms with Crippen LogP contribution in [0.25, 0.3) is 0 Å². The Bertz CT molecular complexity index is 510. The van der Waals surface area contributed by atoms with Gasteiger partial charge in [-0.1, -0.05) is 24.3 Å². The minimum Gasteiger partial charge on any atom is -0.281 e.